The quantitative estimate of drug-likeness (QED) is 0.275. The Balaban J connectivity index is 1.27. The molecule has 1 fully saturated rings. The first-order chi connectivity index (χ1) is 20.7. The van der Waals surface area contributed by atoms with E-state index in [9.17, 15) is 10.1 Å². The number of benzene rings is 4. The lowest BCUT2D eigenvalue weighted by Crippen LogP contribution is -2.48. The molecule has 1 amide bonds. The highest BCUT2D eigenvalue weighted by atomic mass is 16.1. The van der Waals surface area contributed by atoms with E-state index >= 15 is 0 Å². The number of rotatable bonds is 8. The van der Waals surface area contributed by atoms with Gasteiger partial charge in [-0.25, -0.2) is 9.97 Å². The van der Waals surface area contributed by atoms with Crippen LogP contribution in [0.1, 0.15) is 34.3 Å². The fourth-order valence-electron chi connectivity index (χ4n) is 5.64. The molecule has 1 N–H and O–H groups in total. The highest BCUT2D eigenvalue weighted by molar-refractivity contribution is 5.88. The molecule has 0 radical (unpaired) electrons. The van der Waals surface area contributed by atoms with Crippen LogP contribution >= 0.6 is 0 Å². The molecule has 1 atom stereocenters. The number of carbonyl (C=O) groups is 1. The summed E-state index contributed by atoms with van der Waals surface area (Å²) in [6, 6.07) is 40.8. The molecule has 208 valence electrons. The number of anilines is 1. The topological polar surface area (TPSA) is 85.1 Å². The second kappa shape index (κ2) is 12.6. The minimum absolute atomic E-state index is 0.132. The van der Waals surface area contributed by atoms with E-state index < -0.39 is 5.92 Å². The van der Waals surface area contributed by atoms with E-state index in [0.717, 1.165) is 24.2 Å². The van der Waals surface area contributed by atoms with E-state index in [-0.39, 0.29) is 11.9 Å². The highest BCUT2D eigenvalue weighted by Crippen LogP contribution is 2.32. The first-order valence-electron chi connectivity index (χ1n) is 14.3. The van der Waals surface area contributed by atoms with Gasteiger partial charge in [0.15, 0.2) is 11.7 Å². The third kappa shape index (κ3) is 5.85. The predicted octanol–water partition coefficient (Wildman–Crippen LogP) is 5.46. The molecule has 7 nitrogen and oxygen atoms in total. The number of amides is 1. The summed E-state index contributed by atoms with van der Waals surface area (Å²) in [4.78, 5) is 27.8. The zero-order chi connectivity index (χ0) is 28.7. The van der Waals surface area contributed by atoms with Crippen LogP contribution in [0.25, 0.3) is 11.0 Å². The van der Waals surface area contributed by atoms with Crippen molar-refractivity contribution in [3.63, 3.8) is 0 Å². The van der Waals surface area contributed by atoms with E-state index in [4.69, 9.17) is 9.97 Å². The molecule has 42 heavy (non-hydrogen) atoms. The maximum absolute atomic E-state index is 13.3. The van der Waals surface area contributed by atoms with Crippen LogP contribution in [0, 0.1) is 11.3 Å². The van der Waals surface area contributed by atoms with Gasteiger partial charge in [-0.15, -0.1) is 0 Å². The van der Waals surface area contributed by atoms with Crippen molar-refractivity contribution in [1.29, 1.82) is 5.26 Å². The van der Waals surface area contributed by atoms with Gasteiger partial charge in [0.1, 0.15) is 5.69 Å². The second-order valence-electron chi connectivity index (χ2n) is 10.4. The Labute approximate surface area is 246 Å². The van der Waals surface area contributed by atoms with Crippen LogP contribution in [0.5, 0.6) is 0 Å². The summed E-state index contributed by atoms with van der Waals surface area (Å²) in [5.74, 6) is -0.856. The molecule has 1 aliphatic rings. The summed E-state index contributed by atoms with van der Waals surface area (Å²) in [5.41, 5.74) is 5.28. The lowest BCUT2D eigenvalue weighted by molar-refractivity contribution is -0.121. The van der Waals surface area contributed by atoms with Crippen molar-refractivity contribution in [2.75, 3.05) is 31.1 Å². The van der Waals surface area contributed by atoms with Crippen molar-refractivity contribution in [2.45, 2.75) is 18.5 Å². The number of para-hydroxylation sites is 2. The average molecular weight is 553 g/mol. The van der Waals surface area contributed by atoms with Crippen molar-refractivity contribution in [1.82, 2.24) is 20.2 Å². The van der Waals surface area contributed by atoms with E-state index in [0.29, 0.717) is 36.7 Å². The van der Waals surface area contributed by atoms with E-state index in [1.54, 1.807) is 0 Å². The largest absolute Gasteiger partial charge is 0.352 e. The third-order valence-corrected chi connectivity index (χ3v) is 7.76. The number of piperazine rings is 1. The minimum Gasteiger partial charge on any atom is -0.352 e. The maximum atomic E-state index is 13.3. The van der Waals surface area contributed by atoms with Gasteiger partial charge in [-0.3, -0.25) is 9.69 Å². The molecule has 0 unspecified atom stereocenters. The van der Waals surface area contributed by atoms with Gasteiger partial charge in [-0.1, -0.05) is 103 Å². The first kappa shape index (κ1) is 27.1. The molecule has 2 heterocycles. The molecule has 0 saturated carbocycles. The third-order valence-electron chi connectivity index (χ3n) is 7.76. The normalized spacial score (nSPS) is 14.4. The molecule has 4 aromatic carbocycles. The van der Waals surface area contributed by atoms with Crippen LogP contribution < -0.4 is 10.2 Å². The van der Waals surface area contributed by atoms with E-state index in [2.05, 4.69) is 69.7 Å². The first-order valence-corrected chi connectivity index (χ1v) is 14.3. The Morgan fingerprint density at radius 1 is 0.738 bits per heavy atom. The second-order valence-corrected chi connectivity index (χ2v) is 10.4. The minimum atomic E-state index is -1.08. The summed E-state index contributed by atoms with van der Waals surface area (Å²) in [7, 11) is 0. The Morgan fingerprint density at radius 2 is 1.26 bits per heavy atom. The van der Waals surface area contributed by atoms with Gasteiger partial charge in [0, 0.05) is 32.7 Å². The number of nitriles is 1. The number of fused-ring (bicyclic) bond motifs is 1. The van der Waals surface area contributed by atoms with Gasteiger partial charge in [0.25, 0.3) is 0 Å². The fraction of sp³-hybridized carbons (Fsp3) is 0.200. The predicted molar refractivity (Wildman–Crippen MR) is 165 cm³/mol. The van der Waals surface area contributed by atoms with Crippen LogP contribution in [-0.2, 0) is 11.3 Å². The van der Waals surface area contributed by atoms with Crippen molar-refractivity contribution < 1.29 is 4.79 Å². The molecule has 1 saturated heterocycles. The molecular formula is C35H32N6O. The summed E-state index contributed by atoms with van der Waals surface area (Å²) in [5, 5.41) is 13.1. The van der Waals surface area contributed by atoms with E-state index in [1.807, 2.05) is 66.7 Å². The van der Waals surface area contributed by atoms with Gasteiger partial charge >= 0.3 is 0 Å². The zero-order valence-electron chi connectivity index (χ0n) is 23.3. The molecule has 1 aliphatic heterocycles. The Hall–Kier alpha value is -5.06. The van der Waals surface area contributed by atoms with Crippen molar-refractivity contribution in [3.8, 4) is 6.07 Å². The average Bonchev–Trinajstić information content (AvgIpc) is 3.06. The molecule has 0 aliphatic carbocycles. The number of nitrogens with zero attached hydrogens (tertiary/aromatic N) is 5. The van der Waals surface area contributed by atoms with Gasteiger partial charge < -0.3 is 10.2 Å². The summed E-state index contributed by atoms with van der Waals surface area (Å²) in [6.45, 7) is 3.31. The summed E-state index contributed by atoms with van der Waals surface area (Å²) < 4.78 is 0. The smallest absolute Gasteiger partial charge is 0.243 e. The molecule has 1 aromatic heterocycles. The van der Waals surface area contributed by atoms with Gasteiger partial charge in [-0.2, -0.15) is 5.26 Å². The lowest BCUT2D eigenvalue weighted by Gasteiger charge is -2.40. The van der Waals surface area contributed by atoms with Crippen molar-refractivity contribution >= 4 is 22.8 Å². The van der Waals surface area contributed by atoms with Crippen LogP contribution in [0.3, 0.4) is 0 Å². The summed E-state index contributed by atoms with van der Waals surface area (Å²) >= 11 is 0. The van der Waals surface area contributed by atoms with Crippen LogP contribution in [0.15, 0.2) is 115 Å². The molecule has 0 spiro atoms. The monoisotopic (exact) mass is 552 g/mol. The number of nitrogens with one attached hydrogen (secondary N) is 1. The maximum Gasteiger partial charge on any atom is 0.243 e. The van der Waals surface area contributed by atoms with Gasteiger partial charge in [0.05, 0.1) is 23.1 Å². The molecule has 7 heteroatoms. The van der Waals surface area contributed by atoms with E-state index in [1.165, 1.54) is 11.1 Å². The number of hydrogen-bond acceptors (Lipinski definition) is 6. The van der Waals surface area contributed by atoms with Crippen LogP contribution in [-0.4, -0.2) is 47.0 Å². The SMILES string of the molecule is N#C[C@@H](C(=O)NCc1ccccc1)c1nc2ccccc2nc1N1CCN(C(c2ccccc2)c2ccccc2)CC1. The number of aromatic nitrogens is 2. The summed E-state index contributed by atoms with van der Waals surface area (Å²) in [6.07, 6.45) is 0. The number of hydrogen-bond donors (Lipinski definition) is 1. The lowest BCUT2D eigenvalue weighted by atomic mass is 9.96. The van der Waals surface area contributed by atoms with Gasteiger partial charge in [-0.05, 0) is 28.8 Å². The standard InChI is InChI=1S/C35H32N6O/c36-24-29(35(42)37-25-26-12-4-1-5-13-26)32-34(39-31-19-11-10-18-30(31)38-32)41-22-20-40(21-23-41)33(27-14-6-2-7-15-27)28-16-8-3-9-17-28/h1-19,29,33H,20-23,25H2,(H,37,42)/t29-/m1/s1. The molecule has 0 bridgehead atoms. The molecule has 5 aromatic rings. The molecule has 6 rings (SSSR count). The Morgan fingerprint density at radius 3 is 1.83 bits per heavy atom. The zero-order valence-corrected chi connectivity index (χ0v) is 23.3. The molecular weight excluding hydrogens is 520 g/mol. The fourth-order valence-corrected chi connectivity index (χ4v) is 5.64. The Kier molecular flexibility index (Phi) is 8.16. The Bertz CT molecular complexity index is 1640. The number of carbonyl (C=O) groups excluding carboxylic acids is 1. The van der Waals surface area contributed by atoms with Crippen molar-refractivity contribution in [2.24, 2.45) is 0 Å². The highest BCUT2D eigenvalue weighted by Gasteiger charge is 2.32. The van der Waals surface area contributed by atoms with Crippen molar-refractivity contribution in [3.05, 3.63) is 138 Å². The van der Waals surface area contributed by atoms with Crippen LogP contribution in [0.2, 0.25) is 0 Å². The van der Waals surface area contributed by atoms with Crippen LogP contribution in [0.4, 0.5) is 5.82 Å². The van der Waals surface area contributed by atoms with Gasteiger partial charge in [0.2, 0.25) is 5.91 Å².